The van der Waals surface area contributed by atoms with Crippen LogP contribution in [0.1, 0.15) is 26.3 Å². The summed E-state index contributed by atoms with van der Waals surface area (Å²) in [5.41, 5.74) is 0.0933. The van der Waals surface area contributed by atoms with Gasteiger partial charge in [0, 0.05) is 23.3 Å². The van der Waals surface area contributed by atoms with Crippen molar-refractivity contribution in [2.45, 2.75) is 6.92 Å². The minimum atomic E-state index is -1.23. The van der Waals surface area contributed by atoms with E-state index in [1.54, 1.807) is 0 Å². The Labute approximate surface area is 147 Å². The number of benzene rings is 2. The Balaban J connectivity index is 2.40. The fourth-order valence-corrected chi connectivity index (χ4v) is 2.45. The van der Waals surface area contributed by atoms with Crippen molar-refractivity contribution in [3.8, 4) is 5.75 Å². The predicted octanol–water partition coefficient (Wildman–Crippen LogP) is 3.52. The number of nitrogens with one attached hydrogen (secondary N) is 1. The molecule has 0 fully saturated rings. The molecule has 0 bridgehead atoms. The number of amides is 1. The zero-order valence-corrected chi connectivity index (χ0v) is 14.0. The van der Waals surface area contributed by atoms with Crippen LogP contribution in [0, 0.1) is 17.0 Å². The summed E-state index contributed by atoms with van der Waals surface area (Å²) < 4.78 is 4.98. The molecule has 0 spiro atoms. The maximum Gasteiger partial charge on any atom is 0.339 e. The second kappa shape index (κ2) is 7.18. The Kier molecular flexibility index (Phi) is 5.23. The minimum Gasteiger partial charge on any atom is -0.496 e. The third-order valence-corrected chi connectivity index (χ3v) is 3.83. The van der Waals surface area contributed by atoms with Gasteiger partial charge >= 0.3 is 5.97 Å². The van der Waals surface area contributed by atoms with Gasteiger partial charge < -0.3 is 15.2 Å². The molecular formula is C16H13ClN2O6. The molecule has 2 rings (SSSR count). The smallest absolute Gasteiger partial charge is 0.339 e. The molecule has 0 aliphatic carbocycles. The number of carbonyl (C=O) groups excluding carboxylic acids is 1. The number of carboxylic acids is 1. The van der Waals surface area contributed by atoms with Crippen LogP contribution < -0.4 is 10.1 Å². The predicted molar refractivity (Wildman–Crippen MR) is 90.7 cm³/mol. The summed E-state index contributed by atoms with van der Waals surface area (Å²) >= 11 is 6.01. The normalized spacial score (nSPS) is 10.2. The fourth-order valence-electron chi connectivity index (χ4n) is 2.24. The van der Waals surface area contributed by atoms with Gasteiger partial charge in [0.05, 0.1) is 22.7 Å². The van der Waals surface area contributed by atoms with Gasteiger partial charge in [-0.3, -0.25) is 14.9 Å². The number of nitrogens with zero attached hydrogens (tertiary/aromatic N) is 1. The monoisotopic (exact) mass is 364 g/mol. The van der Waals surface area contributed by atoms with Gasteiger partial charge in [0.15, 0.2) is 0 Å². The maximum atomic E-state index is 12.4. The summed E-state index contributed by atoms with van der Waals surface area (Å²) in [4.78, 5) is 34.0. The maximum absolute atomic E-state index is 12.4. The van der Waals surface area contributed by atoms with E-state index >= 15 is 0 Å². The molecule has 8 nitrogen and oxygen atoms in total. The number of halogens is 1. The first-order valence-corrected chi connectivity index (χ1v) is 7.30. The molecule has 1 amide bonds. The zero-order chi connectivity index (χ0) is 18.7. The lowest BCUT2D eigenvalue weighted by atomic mass is 10.1. The molecule has 0 aliphatic heterocycles. The molecule has 0 radical (unpaired) electrons. The molecule has 2 aromatic rings. The number of aromatic carboxylic acids is 1. The summed E-state index contributed by atoms with van der Waals surface area (Å²) in [5, 5.41) is 22.6. The summed E-state index contributed by atoms with van der Waals surface area (Å²) in [7, 11) is 1.28. The van der Waals surface area contributed by atoms with Crippen LogP contribution in [0.4, 0.5) is 11.4 Å². The summed E-state index contributed by atoms with van der Waals surface area (Å²) in [5.74, 6) is -1.83. The molecular weight excluding hydrogens is 352 g/mol. The van der Waals surface area contributed by atoms with E-state index in [-0.39, 0.29) is 38.8 Å². The molecule has 2 aromatic carbocycles. The number of methoxy groups -OCH3 is 1. The van der Waals surface area contributed by atoms with Gasteiger partial charge in [-0.15, -0.1) is 0 Å². The van der Waals surface area contributed by atoms with Gasteiger partial charge in [0.25, 0.3) is 11.6 Å². The third kappa shape index (κ3) is 3.69. The Morgan fingerprint density at radius 3 is 2.52 bits per heavy atom. The highest BCUT2D eigenvalue weighted by Gasteiger charge is 2.20. The summed E-state index contributed by atoms with van der Waals surface area (Å²) in [6, 6.07) is 6.56. The number of hydrogen-bond acceptors (Lipinski definition) is 5. The van der Waals surface area contributed by atoms with Gasteiger partial charge in [0.2, 0.25) is 0 Å². The Bertz CT molecular complexity index is 881. The van der Waals surface area contributed by atoms with Gasteiger partial charge in [0.1, 0.15) is 11.3 Å². The summed E-state index contributed by atoms with van der Waals surface area (Å²) in [6.45, 7) is 1.46. The first kappa shape index (κ1) is 18.2. The topological polar surface area (TPSA) is 119 Å². The van der Waals surface area contributed by atoms with Crippen LogP contribution in [0.15, 0.2) is 30.3 Å². The van der Waals surface area contributed by atoms with Crippen molar-refractivity contribution in [2.75, 3.05) is 12.4 Å². The number of carbonyl (C=O) groups is 2. The molecule has 0 aromatic heterocycles. The number of hydrogen-bond donors (Lipinski definition) is 2. The van der Waals surface area contributed by atoms with Crippen molar-refractivity contribution >= 4 is 34.9 Å². The average Bonchev–Trinajstić information content (AvgIpc) is 2.55. The SMILES string of the molecule is COc1cc(NC(=O)c2cccc([N+](=O)[O-])c2C)c(Cl)cc1C(=O)O. The van der Waals surface area contributed by atoms with Crippen LogP contribution in [0.3, 0.4) is 0 Å². The number of ether oxygens (including phenoxy) is 1. The lowest BCUT2D eigenvalue weighted by Crippen LogP contribution is -2.15. The lowest BCUT2D eigenvalue weighted by molar-refractivity contribution is -0.385. The van der Waals surface area contributed by atoms with Crippen molar-refractivity contribution in [2.24, 2.45) is 0 Å². The summed E-state index contributed by atoms with van der Waals surface area (Å²) in [6.07, 6.45) is 0. The molecule has 0 saturated heterocycles. The minimum absolute atomic E-state index is 0.00497. The third-order valence-electron chi connectivity index (χ3n) is 3.51. The van der Waals surface area contributed by atoms with Gasteiger partial charge in [-0.2, -0.15) is 0 Å². The molecule has 0 unspecified atom stereocenters. The zero-order valence-electron chi connectivity index (χ0n) is 13.2. The average molecular weight is 365 g/mol. The molecule has 0 saturated carbocycles. The van der Waals surface area contributed by atoms with E-state index in [4.69, 9.17) is 21.4 Å². The van der Waals surface area contributed by atoms with Crippen LogP contribution in [0.2, 0.25) is 5.02 Å². The number of rotatable bonds is 5. The van der Waals surface area contributed by atoms with Crippen LogP contribution >= 0.6 is 11.6 Å². The highest BCUT2D eigenvalue weighted by atomic mass is 35.5. The van der Waals surface area contributed by atoms with Gasteiger partial charge in [-0.25, -0.2) is 4.79 Å². The first-order valence-electron chi connectivity index (χ1n) is 6.92. The largest absolute Gasteiger partial charge is 0.496 e. The van der Waals surface area contributed by atoms with Crippen LogP contribution in [0.5, 0.6) is 5.75 Å². The Morgan fingerprint density at radius 2 is 1.96 bits per heavy atom. The van der Waals surface area contributed by atoms with Crippen molar-refractivity contribution < 1.29 is 24.4 Å². The standard InChI is InChI=1S/C16H13ClN2O6/c1-8-9(4-3-5-13(8)19(23)24)15(20)18-12-7-14(25-2)10(16(21)22)6-11(12)17/h3-7H,1-2H3,(H,18,20)(H,21,22). The molecule has 25 heavy (non-hydrogen) atoms. The van der Waals surface area contributed by atoms with Gasteiger partial charge in [-0.1, -0.05) is 17.7 Å². The fraction of sp³-hybridized carbons (Fsp3) is 0.125. The Morgan fingerprint density at radius 1 is 1.28 bits per heavy atom. The number of carboxylic acid groups (broad SMARTS) is 1. The van der Waals surface area contributed by atoms with Crippen LogP contribution in [0.25, 0.3) is 0 Å². The van der Waals surface area contributed by atoms with Crippen LogP contribution in [-0.4, -0.2) is 29.0 Å². The molecule has 0 heterocycles. The molecule has 130 valence electrons. The highest BCUT2D eigenvalue weighted by molar-refractivity contribution is 6.34. The second-order valence-electron chi connectivity index (χ2n) is 5.00. The van der Waals surface area contributed by atoms with Crippen molar-refractivity contribution in [3.63, 3.8) is 0 Å². The van der Waals surface area contributed by atoms with E-state index in [1.807, 2.05) is 0 Å². The number of anilines is 1. The molecule has 0 atom stereocenters. The van der Waals surface area contributed by atoms with Crippen molar-refractivity contribution in [3.05, 3.63) is 62.2 Å². The second-order valence-corrected chi connectivity index (χ2v) is 5.41. The van der Waals surface area contributed by atoms with Gasteiger partial charge in [-0.05, 0) is 19.1 Å². The quantitative estimate of drug-likeness (QED) is 0.618. The first-order chi connectivity index (χ1) is 11.8. The highest BCUT2D eigenvalue weighted by Crippen LogP contribution is 2.32. The van der Waals surface area contributed by atoms with Crippen LogP contribution in [-0.2, 0) is 0 Å². The van der Waals surface area contributed by atoms with E-state index in [0.29, 0.717) is 0 Å². The number of nitro benzene ring substituents is 1. The van der Waals surface area contributed by atoms with E-state index in [0.717, 1.165) is 6.07 Å². The van der Waals surface area contributed by atoms with E-state index < -0.39 is 16.8 Å². The molecule has 2 N–H and O–H groups in total. The van der Waals surface area contributed by atoms with E-state index in [9.17, 15) is 19.7 Å². The van der Waals surface area contributed by atoms with Crippen molar-refractivity contribution in [1.29, 1.82) is 0 Å². The molecule has 9 heteroatoms. The van der Waals surface area contributed by atoms with E-state index in [2.05, 4.69) is 5.32 Å². The lowest BCUT2D eigenvalue weighted by Gasteiger charge is -2.12. The molecule has 0 aliphatic rings. The van der Waals surface area contributed by atoms with Crippen molar-refractivity contribution in [1.82, 2.24) is 0 Å². The van der Waals surface area contributed by atoms with E-state index in [1.165, 1.54) is 38.3 Å². The Hall–Kier alpha value is -3.13. The number of nitro groups is 1.